The number of hydrogen-bond acceptors (Lipinski definition) is 3. The van der Waals surface area contributed by atoms with Gasteiger partial charge < -0.3 is 14.6 Å². The number of carbonyl (C=O) groups is 1. The van der Waals surface area contributed by atoms with Crippen molar-refractivity contribution >= 4 is 5.97 Å². The smallest absolute Gasteiger partial charge is 0.340 e. The Morgan fingerprint density at radius 3 is 2.03 bits per heavy atom. The lowest BCUT2D eigenvalue weighted by Gasteiger charge is -2.26. The van der Waals surface area contributed by atoms with E-state index in [4.69, 9.17) is 9.47 Å². The first kappa shape index (κ1) is 25.0. The van der Waals surface area contributed by atoms with Gasteiger partial charge in [-0.15, -0.1) is 0 Å². The van der Waals surface area contributed by atoms with Crippen LogP contribution in [0, 0.1) is 0 Å². The molecule has 4 nitrogen and oxygen atoms in total. The molecular weight excluding hydrogens is 436 g/mol. The molecule has 1 aliphatic rings. The number of hydrogen-bond donors (Lipinski definition) is 1. The van der Waals surface area contributed by atoms with Crippen molar-refractivity contribution in [3.63, 3.8) is 0 Å². The van der Waals surface area contributed by atoms with Crippen molar-refractivity contribution in [2.75, 3.05) is 13.2 Å². The van der Waals surface area contributed by atoms with Gasteiger partial charge in [-0.2, -0.15) is 0 Å². The standard InChI is InChI=1S/C31H36O4/c1-3-4-5-6-11-21-35-31(2,30(32)33)23-16-18-24(19-17-23)34-22-20-29-27-14-9-7-12-25(27)26-13-8-10-15-28(26)29/h7-10,12-19,29H,3-6,11,20-22H2,1-2H3,(H,32,33). The predicted octanol–water partition coefficient (Wildman–Crippen LogP) is 7.55. The largest absolute Gasteiger partial charge is 0.494 e. The number of unbranched alkanes of at least 4 members (excludes halogenated alkanes) is 4. The summed E-state index contributed by atoms with van der Waals surface area (Å²) in [4.78, 5) is 12.0. The van der Waals surface area contributed by atoms with Gasteiger partial charge in [0.1, 0.15) is 5.75 Å². The van der Waals surface area contributed by atoms with Crippen molar-refractivity contribution in [3.8, 4) is 16.9 Å². The molecule has 184 valence electrons. The highest BCUT2D eigenvalue weighted by Gasteiger charge is 2.36. The Labute approximate surface area is 208 Å². The molecular formula is C31H36O4. The van der Waals surface area contributed by atoms with Crippen LogP contribution in [-0.2, 0) is 15.1 Å². The van der Waals surface area contributed by atoms with E-state index < -0.39 is 11.6 Å². The molecule has 3 aromatic carbocycles. The van der Waals surface area contributed by atoms with Crippen LogP contribution in [0.1, 0.15) is 75.0 Å². The zero-order valence-corrected chi connectivity index (χ0v) is 20.8. The number of benzene rings is 3. The molecule has 0 aliphatic heterocycles. The molecule has 0 aromatic heterocycles. The van der Waals surface area contributed by atoms with Gasteiger partial charge in [-0.05, 0) is 59.7 Å². The Hall–Kier alpha value is -3.11. The summed E-state index contributed by atoms with van der Waals surface area (Å²) in [6.45, 7) is 4.83. The zero-order chi connectivity index (χ0) is 24.7. The Morgan fingerprint density at radius 1 is 0.829 bits per heavy atom. The van der Waals surface area contributed by atoms with Gasteiger partial charge in [0.15, 0.2) is 5.60 Å². The molecule has 0 bridgehead atoms. The second kappa shape index (κ2) is 11.5. The van der Waals surface area contributed by atoms with Crippen LogP contribution in [0.25, 0.3) is 11.1 Å². The van der Waals surface area contributed by atoms with Crippen LogP contribution in [0.3, 0.4) is 0 Å². The number of ether oxygens (including phenoxy) is 2. The highest BCUT2D eigenvalue weighted by molar-refractivity contribution is 5.79. The van der Waals surface area contributed by atoms with Crippen molar-refractivity contribution in [2.45, 2.75) is 63.9 Å². The Balaban J connectivity index is 1.35. The minimum absolute atomic E-state index is 0.322. The Morgan fingerprint density at radius 2 is 1.43 bits per heavy atom. The molecule has 1 N–H and O–H groups in total. The highest BCUT2D eigenvalue weighted by Crippen LogP contribution is 2.46. The molecule has 3 aromatic rings. The second-order valence-electron chi connectivity index (χ2n) is 9.49. The molecule has 35 heavy (non-hydrogen) atoms. The lowest BCUT2D eigenvalue weighted by atomic mass is 9.94. The van der Waals surface area contributed by atoms with E-state index in [9.17, 15) is 9.90 Å². The molecule has 0 saturated carbocycles. The summed E-state index contributed by atoms with van der Waals surface area (Å²) in [6, 6.07) is 24.5. The van der Waals surface area contributed by atoms with Crippen LogP contribution in [0.5, 0.6) is 5.75 Å². The Bertz CT molecular complexity index is 1080. The fraction of sp³-hybridized carbons (Fsp3) is 0.387. The average Bonchev–Trinajstić information content (AvgIpc) is 3.20. The summed E-state index contributed by atoms with van der Waals surface area (Å²) in [5.74, 6) is 0.0848. The molecule has 0 radical (unpaired) electrons. The molecule has 1 aliphatic carbocycles. The van der Waals surface area contributed by atoms with Crippen molar-refractivity contribution in [3.05, 3.63) is 89.5 Å². The maximum atomic E-state index is 12.0. The lowest BCUT2D eigenvalue weighted by molar-refractivity contribution is -0.165. The predicted molar refractivity (Wildman–Crippen MR) is 140 cm³/mol. The van der Waals surface area contributed by atoms with Gasteiger partial charge in [0, 0.05) is 12.5 Å². The van der Waals surface area contributed by atoms with Crippen LogP contribution in [0.2, 0.25) is 0 Å². The number of rotatable bonds is 13. The van der Waals surface area contributed by atoms with E-state index in [1.54, 1.807) is 19.1 Å². The van der Waals surface area contributed by atoms with Crippen LogP contribution in [0.15, 0.2) is 72.8 Å². The molecule has 0 amide bonds. The first-order valence-electron chi connectivity index (χ1n) is 12.8. The van der Waals surface area contributed by atoms with Gasteiger partial charge in [-0.3, -0.25) is 0 Å². The second-order valence-corrected chi connectivity index (χ2v) is 9.49. The third-order valence-electron chi connectivity index (χ3n) is 7.09. The SMILES string of the molecule is CCCCCCCOC(C)(C(=O)O)c1ccc(OCCC2c3ccccc3-c3ccccc32)cc1. The maximum Gasteiger partial charge on any atom is 0.340 e. The summed E-state index contributed by atoms with van der Waals surface area (Å²) in [5.41, 5.74) is 4.62. The van der Waals surface area contributed by atoms with Gasteiger partial charge in [0.05, 0.1) is 6.61 Å². The normalized spacial score (nSPS) is 14.2. The van der Waals surface area contributed by atoms with Crippen molar-refractivity contribution in [2.24, 2.45) is 0 Å². The molecule has 1 atom stereocenters. The van der Waals surface area contributed by atoms with Gasteiger partial charge in [0.2, 0.25) is 0 Å². The summed E-state index contributed by atoms with van der Waals surface area (Å²) < 4.78 is 11.9. The van der Waals surface area contributed by atoms with Gasteiger partial charge in [0.25, 0.3) is 0 Å². The molecule has 0 saturated heterocycles. The third kappa shape index (κ3) is 5.59. The van der Waals surface area contributed by atoms with Crippen molar-refractivity contribution in [1.82, 2.24) is 0 Å². The molecule has 0 fully saturated rings. The monoisotopic (exact) mass is 472 g/mol. The van der Waals surface area contributed by atoms with Crippen LogP contribution >= 0.6 is 0 Å². The van der Waals surface area contributed by atoms with E-state index in [1.165, 1.54) is 35.1 Å². The van der Waals surface area contributed by atoms with Gasteiger partial charge in [-0.1, -0.05) is 93.3 Å². The highest BCUT2D eigenvalue weighted by atomic mass is 16.5. The van der Waals surface area contributed by atoms with E-state index in [-0.39, 0.29) is 0 Å². The minimum Gasteiger partial charge on any atom is -0.494 e. The fourth-order valence-corrected chi connectivity index (χ4v) is 4.99. The van der Waals surface area contributed by atoms with E-state index >= 15 is 0 Å². The molecule has 4 rings (SSSR count). The first-order valence-corrected chi connectivity index (χ1v) is 12.8. The quantitative estimate of drug-likeness (QED) is 0.261. The fourth-order valence-electron chi connectivity index (χ4n) is 4.99. The zero-order valence-electron chi connectivity index (χ0n) is 20.8. The first-order chi connectivity index (χ1) is 17.0. The maximum absolute atomic E-state index is 12.0. The molecule has 0 spiro atoms. The summed E-state index contributed by atoms with van der Waals surface area (Å²) >= 11 is 0. The number of fused-ring (bicyclic) bond motifs is 3. The van der Waals surface area contributed by atoms with Crippen LogP contribution < -0.4 is 4.74 Å². The van der Waals surface area contributed by atoms with E-state index in [0.717, 1.165) is 31.4 Å². The van der Waals surface area contributed by atoms with Crippen LogP contribution in [-0.4, -0.2) is 24.3 Å². The minimum atomic E-state index is -1.36. The molecule has 4 heteroatoms. The van der Waals surface area contributed by atoms with Crippen molar-refractivity contribution in [1.29, 1.82) is 0 Å². The van der Waals surface area contributed by atoms with Gasteiger partial charge in [-0.25, -0.2) is 4.79 Å². The topological polar surface area (TPSA) is 55.8 Å². The number of carboxylic acid groups (broad SMARTS) is 1. The molecule has 1 unspecified atom stereocenters. The number of aliphatic carboxylic acids is 1. The van der Waals surface area contributed by atoms with Gasteiger partial charge >= 0.3 is 5.97 Å². The summed E-state index contributed by atoms with van der Waals surface area (Å²) in [6.07, 6.45) is 6.36. The summed E-state index contributed by atoms with van der Waals surface area (Å²) in [5, 5.41) is 9.86. The van der Waals surface area contributed by atoms with E-state index in [2.05, 4.69) is 55.5 Å². The van der Waals surface area contributed by atoms with E-state index in [0.29, 0.717) is 24.7 Å². The van der Waals surface area contributed by atoms with Crippen LogP contribution in [0.4, 0.5) is 0 Å². The van der Waals surface area contributed by atoms with E-state index in [1.807, 2.05) is 12.1 Å². The summed E-state index contributed by atoms with van der Waals surface area (Å²) in [7, 11) is 0. The number of carboxylic acids is 1. The Kier molecular flexibility index (Phi) is 8.25. The lowest BCUT2D eigenvalue weighted by Crippen LogP contribution is -2.35. The third-order valence-corrected chi connectivity index (χ3v) is 7.09. The molecule has 0 heterocycles. The average molecular weight is 473 g/mol. The van der Waals surface area contributed by atoms with Crippen molar-refractivity contribution < 1.29 is 19.4 Å².